The van der Waals surface area contributed by atoms with E-state index in [2.05, 4.69) is 241 Å². The van der Waals surface area contributed by atoms with Gasteiger partial charge in [0, 0.05) is 33.1 Å². The highest BCUT2D eigenvalue weighted by molar-refractivity contribution is 6.19. The maximum absolute atomic E-state index is 6.67. The molecule has 0 atom stereocenters. The summed E-state index contributed by atoms with van der Waals surface area (Å²) < 4.78 is 6.67. The van der Waals surface area contributed by atoms with Crippen molar-refractivity contribution in [2.75, 3.05) is 4.90 Å². The largest absolute Gasteiger partial charge is 0.455 e. The number of anilines is 3. The van der Waals surface area contributed by atoms with Crippen molar-refractivity contribution in [3.05, 3.63) is 237 Å². The number of benzene rings is 10. The van der Waals surface area contributed by atoms with Gasteiger partial charge in [-0.2, -0.15) is 0 Å². The summed E-state index contributed by atoms with van der Waals surface area (Å²) in [6, 6.07) is 84.8. The lowest BCUT2D eigenvalue weighted by molar-refractivity contribution is 0.673. The SMILES string of the molecule is c1ccc(-c2ccc(N(c3ccc(-c4cc(-c5ccccc5)cc(-c5ccccc5)c4)cc3)c3ccccc3-c3cccc4oc5c6ccccc6ccc5c34)cc2)cc1. The van der Waals surface area contributed by atoms with Gasteiger partial charge < -0.3 is 9.32 Å². The van der Waals surface area contributed by atoms with Crippen LogP contribution in [0.3, 0.4) is 0 Å². The van der Waals surface area contributed by atoms with E-state index in [4.69, 9.17) is 4.42 Å². The Morgan fingerprint density at radius 1 is 0.300 bits per heavy atom. The first-order valence-corrected chi connectivity index (χ1v) is 20.5. The zero-order chi connectivity index (χ0) is 39.8. The Morgan fingerprint density at radius 3 is 1.37 bits per heavy atom. The first-order chi connectivity index (χ1) is 29.7. The smallest absolute Gasteiger partial charge is 0.143 e. The molecule has 0 fully saturated rings. The van der Waals surface area contributed by atoms with E-state index in [1.54, 1.807) is 0 Å². The van der Waals surface area contributed by atoms with Gasteiger partial charge in [-0.25, -0.2) is 0 Å². The molecule has 0 saturated heterocycles. The number of rotatable bonds is 8. The quantitative estimate of drug-likeness (QED) is 0.153. The van der Waals surface area contributed by atoms with Crippen LogP contribution < -0.4 is 4.90 Å². The minimum atomic E-state index is 0.879. The van der Waals surface area contributed by atoms with E-state index in [9.17, 15) is 0 Å². The fraction of sp³-hybridized carbons (Fsp3) is 0. The summed E-state index contributed by atoms with van der Waals surface area (Å²) >= 11 is 0. The lowest BCUT2D eigenvalue weighted by Gasteiger charge is -2.28. The van der Waals surface area contributed by atoms with Crippen LogP contribution in [-0.4, -0.2) is 0 Å². The van der Waals surface area contributed by atoms with Gasteiger partial charge in [0.2, 0.25) is 0 Å². The van der Waals surface area contributed by atoms with Gasteiger partial charge in [0.1, 0.15) is 11.2 Å². The summed E-state index contributed by atoms with van der Waals surface area (Å²) in [7, 11) is 0. The average molecular weight is 766 g/mol. The van der Waals surface area contributed by atoms with E-state index >= 15 is 0 Å². The zero-order valence-electron chi connectivity index (χ0n) is 32.9. The van der Waals surface area contributed by atoms with E-state index in [0.717, 1.165) is 61.1 Å². The van der Waals surface area contributed by atoms with Crippen LogP contribution in [0.15, 0.2) is 241 Å². The zero-order valence-corrected chi connectivity index (χ0v) is 32.9. The molecule has 1 aromatic heterocycles. The summed E-state index contributed by atoms with van der Waals surface area (Å²) in [5.74, 6) is 0. The number of nitrogens with zero attached hydrogens (tertiary/aromatic N) is 1. The summed E-state index contributed by atoms with van der Waals surface area (Å²) in [5, 5.41) is 4.52. The number of hydrogen-bond acceptors (Lipinski definition) is 2. The van der Waals surface area contributed by atoms with Gasteiger partial charge >= 0.3 is 0 Å². The van der Waals surface area contributed by atoms with Crippen molar-refractivity contribution in [3.8, 4) is 55.6 Å². The molecule has 0 N–H and O–H groups in total. The van der Waals surface area contributed by atoms with E-state index < -0.39 is 0 Å². The van der Waals surface area contributed by atoms with Gasteiger partial charge in [0.15, 0.2) is 0 Å². The molecule has 0 aliphatic heterocycles. The Balaban J connectivity index is 1.07. The molecule has 60 heavy (non-hydrogen) atoms. The standard InChI is InChI=1S/C58H39NO/c1-4-15-40(16-5-1)43-27-32-49(33-28-43)59(50-34-29-44(30-35-50)48-38-46(41-17-6-2-7-18-41)37-47(39-48)42-19-8-3-9-20-42)55-25-13-12-23-52(55)53-24-14-26-56-57(53)54-36-31-45-21-10-11-22-51(45)58(54)60-56/h1-39H. The van der Waals surface area contributed by atoms with Crippen molar-refractivity contribution in [1.29, 1.82) is 0 Å². The molecule has 1 heterocycles. The second kappa shape index (κ2) is 15.1. The number of hydrogen-bond donors (Lipinski definition) is 0. The molecule has 282 valence electrons. The van der Waals surface area contributed by atoms with Crippen LogP contribution in [0.1, 0.15) is 0 Å². The molecular weight excluding hydrogens is 727 g/mol. The second-order valence-electron chi connectivity index (χ2n) is 15.3. The molecule has 11 aromatic rings. The predicted molar refractivity (Wildman–Crippen MR) is 253 cm³/mol. The molecule has 2 nitrogen and oxygen atoms in total. The summed E-state index contributed by atoms with van der Waals surface area (Å²) in [4.78, 5) is 2.39. The molecule has 11 rings (SSSR count). The van der Waals surface area contributed by atoms with Crippen molar-refractivity contribution in [2.45, 2.75) is 0 Å². The molecular formula is C58H39NO. The monoisotopic (exact) mass is 765 g/mol. The fourth-order valence-corrected chi connectivity index (χ4v) is 8.73. The Hall–Kier alpha value is -7.94. The van der Waals surface area contributed by atoms with E-state index in [-0.39, 0.29) is 0 Å². The summed E-state index contributed by atoms with van der Waals surface area (Å²) in [6.45, 7) is 0. The molecule has 0 aliphatic carbocycles. The van der Waals surface area contributed by atoms with Gasteiger partial charge in [0.25, 0.3) is 0 Å². The Kier molecular flexibility index (Phi) is 8.87. The van der Waals surface area contributed by atoms with Crippen LogP contribution in [0, 0.1) is 0 Å². The van der Waals surface area contributed by atoms with Gasteiger partial charge in [0.05, 0.1) is 5.69 Å². The van der Waals surface area contributed by atoms with E-state index in [1.807, 2.05) is 0 Å². The molecule has 0 radical (unpaired) electrons. The first kappa shape index (κ1) is 35.2. The summed E-state index contributed by atoms with van der Waals surface area (Å²) in [6.07, 6.45) is 0. The minimum Gasteiger partial charge on any atom is -0.455 e. The predicted octanol–water partition coefficient (Wildman–Crippen LogP) is 16.5. The van der Waals surface area contributed by atoms with Crippen LogP contribution in [0.2, 0.25) is 0 Å². The molecule has 0 amide bonds. The fourth-order valence-electron chi connectivity index (χ4n) is 8.73. The highest BCUT2D eigenvalue weighted by Gasteiger charge is 2.21. The maximum Gasteiger partial charge on any atom is 0.143 e. The van der Waals surface area contributed by atoms with Crippen molar-refractivity contribution in [3.63, 3.8) is 0 Å². The Labute approximate surface area is 349 Å². The van der Waals surface area contributed by atoms with Crippen LogP contribution in [-0.2, 0) is 0 Å². The minimum absolute atomic E-state index is 0.879. The third-order valence-corrected chi connectivity index (χ3v) is 11.7. The van der Waals surface area contributed by atoms with E-state index in [1.165, 1.54) is 44.3 Å². The van der Waals surface area contributed by atoms with Crippen LogP contribution >= 0.6 is 0 Å². The molecule has 0 spiro atoms. The van der Waals surface area contributed by atoms with Gasteiger partial charge in [-0.15, -0.1) is 0 Å². The number of para-hydroxylation sites is 1. The molecule has 0 saturated carbocycles. The van der Waals surface area contributed by atoms with Gasteiger partial charge in [-0.1, -0.05) is 176 Å². The summed E-state index contributed by atoms with van der Waals surface area (Å²) in [5.41, 5.74) is 16.8. The maximum atomic E-state index is 6.67. The Morgan fingerprint density at radius 2 is 0.767 bits per heavy atom. The first-order valence-electron chi connectivity index (χ1n) is 20.5. The highest BCUT2D eigenvalue weighted by Crippen LogP contribution is 2.46. The molecule has 2 heteroatoms. The third kappa shape index (κ3) is 6.41. The van der Waals surface area contributed by atoms with Crippen molar-refractivity contribution in [2.24, 2.45) is 0 Å². The molecule has 0 unspecified atom stereocenters. The van der Waals surface area contributed by atoms with E-state index in [0.29, 0.717) is 0 Å². The third-order valence-electron chi connectivity index (χ3n) is 11.7. The van der Waals surface area contributed by atoms with Crippen LogP contribution in [0.25, 0.3) is 88.3 Å². The lowest BCUT2D eigenvalue weighted by atomic mass is 9.93. The molecule has 0 bridgehead atoms. The second-order valence-corrected chi connectivity index (χ2v) is 15.3. The average Bonchev–Trinajstić information content (AvgIpc) is 3.73. The number of furan rings is 1. The van der Waals surface area contributed by atoms with Gasteiger partial charge in [-0.05, 0) is 116 Å². The highest BCUT2D eigenvalue weighted by atomic mass is 16.3. The Bertz CT molecular complexity index is 3220. The number of fused-ring (bicyclic) bond motifs is 5. The van der Waals surface area contributed by atoms with Crippen LogP contribution in [0.5, 0.6) is 0 Å². The van der Waals surface area contributed by atoms with Crippen LogP contribution in [0.4, 0.5) is 17.1 Å². The topological polar surface area (TPSA) is 16.4 Å². The normalized spacial score (nSPS) is 11.3. The van der Waals surface area contributed by atoms with Crippen molar-refractivity contribution >= 4 is 49.8 Å². The molecule has 10 aromatic carbocycles. The van der Waals surface area contributed by atoms with Gasteiger partial charge in [-0.3, -0.25) is 0 Å². The lowest BCUT2D eigenvalue weighted by Crippen LogP contribution is -2.11. The molecule has 0 aliphatic rings. The van der Waals surface area contributed by atoms with Crippen molar-refractivity contribution in [1.82, 2.24) is 0 Å². The van der Waals surface area contributed by atoms with Crippen molar-refractivity contribution < 1.29 is 4.42 Å².